The molecular formula is C23H25FN4O2. The largest absolute Gasteiger partial charge is 0.372 e. The molecule has 6 nitrogen and oxygen atoms in total. The Balaban J connectivity index is 1.40. The van der Waals surface area contributed by atoms with E-state index in [1.54, 1.807) is 12.1 Å². The van der Waals surface area contributed by atoms with Gasteiger partial charge in [-0.2, -0.15) is 5.10 Å². The summed E-state index contributed by atoms with van der Waals surface area (Å²) >= 11 is 0. The number of rotatable bonds is 5. The summed E-state index contributed by atoms with van der Waals surface area (Å²) in [6, 6.07) is 13.7. The van der Waals surface area contributed by atoms with E-state index in [-0.39, 0.29) is 30.6 Å². The van der Waals surface area contributed by atoms with Gasteiger partial charge in [0.05, 0.1) is 6.54 Å². The van der Waals surface area contributed by atoms with Gasteiger partial charge in [0.2, 0.25) is 5.91 Å². The summed E-state index contributed by atoms with van der Waals surface area (Å²) in [5.41, 5.74) is 2.93. The Kier molecular flexibility index (Phi) is 6.07. The molecule has 2 aliphatic rings. The molecule has 0 saturated carbocycles. The molecule has 2 aliphatic heterocycles. The summed E-state index contributed by atoms with van der Waals surface area (Å²) in [6.45, 7) is 2.35. The van der Waals surface area contributed by atoms with Crippen LogP contribution >= 0.6 is 0 Å². The van der Waals surface area contributed by atoms with Crippen molar-refractivity contribution in [3.63, 3.8) is 0 Å². The number of carbonyl (C=O) groups excluding carboxylic acids is 2. The lowest BCUT2D eigenvalue weighted by molar-refractivity contribution is -0.132. The normalized spacial score (nSPS) is 17.0. The Morgan fingerprint density at radius 3 is 2.37 bits per heavy atom. The SMILES string of the molecule is O=C(Nc1ccc(N2CCCCC2)cc1)C1=NN(Cc2ccc(F)cc2)C(=O)CC1. The van der Waals surface area contributed by atoms with Crippen LogP contribution in [0.5, 0.6) is 0 Å². The van der Waals surface area contributed by atoms with Gasteiger partial charge in [-0.25, -0.2) is 9.40 Å². The van der Waals surface area contributed by atoms with Crippen molar-refractivity contribution in [3.05, 3.63) is 59.9 Å². The molecule has 0 unspecified atom stereocenters. The Labute approximate surface area is 175 Å². The van der Waals surface area contributed by atoms with Gasteiger partial charge in [-0.05, 0) is 61.2 Å². The molecular weight excluding hydrogens is 383 g/mol. The van der Waals surface area contributed by atoms with Crippen LogP contribution in [-0.4, -0.2) is 35.6 Å². The van der Waals surface area contributed by atoms with Gasteiger partial charge in [0, 0.05) is 37.3 Å². The Bertz CT molecular complexity index is 935. The van der Waals surface area contributed by atoms with Crippen LogP contribution in [-0.2, 0) is 16.1 Å². The molecule has 2 aromatic rings. The summed E-state index contributed by atoms with van der Waals surface area (Å²) in [6.07, 6.45) is 4.24. The molecule has 0 aromatic heterocycles. The number of anilines is 2. The molecule has 2 heterocycles. The van der Waals surface area contributed by atoms with E-state index in [0.29, 0.717) is 17.8 Å². The number of carbonyl (C=O) groups is 2. The van der Waals surface area contributed by atoms with Gasteiger partial charge in [-0.3, -0.25) is 9.59 Å². The molecule has 30 heavy (non-hydrogen) atoms. The van der Waals surface area contributed by atoms with Crippen molar-refractivity contribution in [1.29, 1.82) is 0 Å². The first-order chi connectivity index (χ1) is 14.6. The van der Waals surface area contributed by atoms with Crippen LogP contribution < -0.4 is 10.2 Å². The molecule has 1 N–H and O–H groups in total. The van der Waals surface area contributed by atoms with Gasteiger partial charge in [0.15, 0.2) is 0 Å². The molecule has 1 saturated heterocycles. The third-order valence-corrected chi connectivity index (χ3v) is 5.46. The molecule has 0 atom stereocenters. The first-order valence-electron chi connectivity index (χ1n) is 10.4. The van der Waals surface area contributed by atoms with Crippen LogP contribution in [0, 0.1) is 5.82 Å². The fourth-order valence-corrected chi connectivity index (χ4v) is 3.76. The molecule has 7 heteroatoms. The highest BCUT2D eigenvalue weighted by molar-refractivity contribution is 6.43. The maximum Gasteiger partial charge on any atom is 0.271 e. The van der Waals surface area contributed by atoms with Crippen molar-refractivity contribution in [3.8, 4) is 0 Å². The van der Waals surface area contributed by atoms with Crippen LogP contribution in [0.15, 0.2) is 53.6 Å². The van der Waals surface area contributed by atoms with Gasteiger partial charge in [0.1, 0.15) is 11.5 Å². The van der Waals surface area contributed by atoms with E-state index in [0.717, 1.165) is 18.7 Å². The Hall–Kier alpha value is -3.22. The van der Waals surface area contributed by atoms with Crippen LogP contribution in [0.25, 0.3) is 0 Å². The standard InChI is InChI=1S/C23H25FN4O2/c24-18-6-4-17(5-7-18)16-28-22(29)13-12-21(26-28)23(30)25-19-8-10-20(11-9-19)27-14-2-1-3-15-27/h4-11H,1-3,12-16H2,(H,25,30). The molecule has 0 bridgehead atoms. The molecule has 0 aliphatic carbocycles. The summed E-state index contributed by atoms with van der Waals surface area (Å²) in [7, 11) is 0. The molecule has 2 amide bonds. The number of piperidine rings is 1. The Morgan fingerprint density at radius 1 is 0.967 bits per heavy atom. The topological polar surface area (TPSA) is 65.0 Å². The number of hydrogen-bond acceptors (Lipinski definition) is 4. The highest BCUT2D eigenvalue weighted by Gasteiger charge is 2.24. The number of hydrazone groups is 1. The summed E-state index contributed by atoms with van der Waals surface area (Å²) in [5.74, 6) is -0.794. The monoisotopic (exact) mass is 408 g/mol. The third-order valence-electron chi connectivity index (χ3n) is 5.46. The molecule has 156 valence electrons. The number of benzene rings is 2. The lowest BCUT2D eigenvalue weighted by Gasteiger charge is -2.28. The minimum absolute atomic E-state index is 0.151. The van der Waals surface area contributed by atoms with Crippen molar-refractivity contribution in [2.24, 2.45) is 5.10 Å². The maximum atomic E-state index is 13.1. The van der Waals surface area contributed by atoms with Crippen LogP contribution in [0.1, 0.15) is 37.7 Å². The summed E-state index contributed by atoms with van der Waals surface area (Å²) < 4.78 is 13.1. The summed E-state index contributed by atoms with van der Waals surface area (Å²) in [4.78, 5) is 27.2. The van der Waals surface area contributed by atoms with Crippen molar-refractivity contribution >= 4 is 28.9 Å². The summed E-state index contributed by atoms with van der Waals surface area (Å²) in [5, 5.41) is 8.41. The van der Waals surface area contributed by atoms with E-state index < -0.39 is 0 Å². The number of nitrogens with zero attached hydrogens (tertiary/aromatic N) is 3. The van der Waals surface area contributed by atoms with Crippen LogP contribution in [0.4, 0.5) is 15.8 Å². The van der Waals surface area contributed by atoms with E-state index in [4.69, 9.17) is 0 Å². The lowest BCUT2D eigenvalue weighted by atomic mass is 10.1. The maximum absolute atomic E-state index is 13.1. The zero-order valence-corrected chi connectivity index (χ0v) is 16.8. The van der Waals surface area contributed by atoms with Crippen molar-refractivity contribution in [2.45, 2.75) is 38.6 Å². The van der Waals surface area contributed by atoms with Gasteiger partial charge < -0.3 is 10.2 Å². The van der Waals surface area contributed by atoms with E-state index >= 15 is 0 Å². The molecule has 0 radical (unpaired) electrons. The highest BCUT2D eigenvalue weighted by atomic mass is 19.1. The quantitative estimate of drug-likeness (QED) is 0.815. The van der Waals surface area contributed by atoms with E-state index in [9.17, 15) is 14.0 Å². The van der Waals surface area contributed by atoms with Crippen molar-refractivity contribution in [2.75, 3.05) is 23.3 Å². The number of halogens is 1. The van der Waals surface area contributed by atoms with E-state index in [1.165, 1.54) is 42.1 Å². The van der Waals surface area contributed by atoms with E-state index in [1.807, 2.05) is 24.3 Å². The first kappa shape index (κ1) is 20.1. The van der Waals surface area contributed by atoms with Gasteiger partial charge in [-0.15, -0.1) is 0 Å². The Morgan fingerprint density at radius 2 is 1.67 bits per heavy atom. The average Bonchev–Trinajstić information content (AvgIpc) is 2.78. The fourth-order valence-electron chi connectivity index (χ4n) is 3.76. The molecule has 4 rings (SSSR count). The van der Waals surface area contributed by atoms with Gasteiger partial charge in [0.25, 0.3) is 5.91 Å². The number of amides is 2. The minimum Gasteiger partial charge on any atom is -0.372 e. The van der Waals surface area contributed by atoms with Gasteiger partial charge >= 0.3 is 0 Å². The van der Waals surface area contributed by atoms with E-state index in [2.05, 4.69) is 15.3 Å². The molecule has 1 fully saturated rings. The number of nitrogens with one attached hydrogen (secondary N) is 1. The predicted octanol–water partition coefficient (Wildman–Crippen LogP) is 3.93. The lowest BCUT2D eigenvalue weighted by Crippen LogP contribution is -2.36. The molecule has 0 spiro atoms. The zero-order valence-electron chi connectivity index (χ0n) is 16.8. The first-order valence-corrected chi connectivity index (χ1v) is 10.4. The second-order valence-electron chi connectivity index (χ2n) is 7.67. The van der Waals surface area contributed by atoms with Gasteiger partial charge in [-0.1, -0.05) is 12.1 Å². The predicted molar refractivity (Wildman–Crippen MR) is 115 cm³/mol. The van der Waals surface area contributed by atoms with Crippen LogP contribution in [0.2, 0.25) is 0 Å². The van der Waals surface area contributed by atoms with Crippen molar-refractivity contribution in [1.82, 2.24) is 5.01 Å². The smallest absolute Gasteiger partial charge is 0.271 e. The minimum atomic E-state index is -0.335. The third kappa shape index (κ3) is 4.84. The highest BCUT2D eigenvalue weighted by Crippen LogP contribution is 2.22. The average molecular weight is 408 g/mol. The fraction of sp³-hybridized carbons (Fsp3) is 0.348. The van der Waals surface area contributed by atoms with Crippen molar-refractivity contribution < 1.29 is 14.0 Å². The number of hydrogen-bond donors (Lipinski definition) is 1. The second kappa shape index (κ2) is 9.07. The zero-order chi connectivity index (χ0) is 20.9. The van der Waals surface area contributed by atoms with Crippen LogP contribution in [0.3, 0.4) is 0 Å². The second-order valence-corrected chi connectivity index (χ2v) is 7.67. The molecule has 2 aromatic carbocycles.